The standard InChI is InChI=1S/C21H18FNO4S/c1-26-21(25)19-17(14-7-9-15(22)10-8-14)13-28-20(19)23-18(24)11-12-27-16-5-3-2-4-6-16/h2-10,13H,11-12H2,1H3,(H,23,24). The summed E-state index contributed by atoms with van der Waals surface area (Å²) in [5, 5.41) is 4.86. The Morgan fingerprint density at radius 2 is 1.79 bits per heavy atom. The molecule has 1 heterocycles. The molecule has 2 aromatic carbocycles. The van der Waals surface area contributed by atoms with Gasteiger partial charge < -0.3 is 14.8 Å². The van der Waals surface area contributed by atoms with E-state index in [1.807, 2.05) is 30.3 Å². The van der Waals surface area contributed by atoms with E-state index in [-0.39, 0.29) is 30.3 Å². The van der Waals surface area contributed by atoms with Crippen LogP contribution >= 0.6 is 11.3 Å². The number of carbonyl (C=O) groups is 2. The van der Waals surface area contributed by atoms with Crippen molar-refractivity contribution in [2.75, 3.05) is 19.0 Å². The first-order valence-electron chi connectivity index (χ1n) is 8.52. The fourth-order valence-electron chi connectivity index (χ4n) is 2.56. The van der Waals surface area contributed by atoms with Gasteiger partial charge >= 0.3 is 5.97 Å². The number of rotatable bonds is 7. The number of thiophene rings is 1. The number of hydrogen-bond acceptors (Lipinski definition) is 5. The average Bonchev–Trinajstić information content (AvgIpc) is 3.12. The second-order valence-electron chi connectivity index (χ2n) is 5.81. The topological polar surface area (TPSA) is 64.6 Å². The molecule has 0 aliphatic rings. The molecule has 3 rings (SSSR count). The van der Waals surface area contributed by atoms with Crippen LogP contribution in [0.2, 0.25) is 0 Å². The average molecular weight is 399 g/mol. The van der Waals surface area contributed by atoms with E-state index >= 15 is 0 Å². The van der Waals surface area contributed by atoms with Crippen LogP contribution in [-0.2, 0) is 9.53 Å². The van der Waals surface area contributed by atoms with Gasteiger partial charge in [-0.05, 0) is 29.8 Å². The zero-order valence-corrected chi connectivity index (χ0v) is 15.9. The quantitative estimate of drug-likeness (QED) is 0.583. The van der Waals surface area contributed by atoms with Gasteiger partial charge in [0.15, 0.2) is 0 Å². The Morgan fingerprint density at radius 1 is 1.07 bits per heavy atom. The molecule has 28 heavy (non-hydrogen) atoms. The van der Waals surface area contributed by atoms with Gasteiger partial charge in [0.1, 0.15) is 22.1 Å². The van der Waals surface area contributed by atoms with Gasteiger partial charge in [-0.3, -0.25) is 4.79 Å². The van der Waals surface area contributed by atoms with Crippen molar-refractivity contribution in [2.45, 2.75) is 6.42 Å². The Labute approximate surface area is 165 Å². The first-order valence-corrected chi connectivity index (χ1v) is 9.40. The molecule has 0 aliphatic heterocycles. The van der Waals surface area contributed by atoms with Crippen LogP contribution in [-0.4, -0.2) is 25.6 Å². The van der Waals surface area contributed by atoms with E-state index in [1.165, 1.54) is 30.6 Å². The fraction of sp³-hybridized carbons (Fsp3) is 0.143. The molecule has 0 aliphatic carbocycles. The maximum Gasteiger partial charge on any atom is 0.341 e. The van der Waals surface area contributed by atoms with E-state index < -0.39 is 5.97 Å². The Morgan fingerprint density at radius 3 is 2.46 bits per heavy atom. The van der Waals surface area contributed by atoms with Crippen LogP contribution in [0.5, 0.6) is 5.75 Å². The lowest BCUT2D eigenvalue weighted by molar-refractivity contribution is -0.116. The van der Waals surface area contributed by atoms with E-state index in [9.17, 15) is 14.0 Å². The maximum atomic E-state index is 13.2. The summed E-state index contributed by atoms with van der Waals surface area (Å²) in [4.78, 5) is 24.5. The lowest BCUT2D eigenvalue weighted by Gasteiger charge is -2.09. The van der Waals surface area contributed by atoms with Gasteiger partial charge in [-0.15, -0.1) is 11.3 Å². The highest BCUT2D eigenvalue weighted by Gasteiger charge is 2.22. The normalized spacial score (nSPS) is 10.4. The Hall–Kier alpha value is -3.19. The Balaban J connectivity index is 1.71. The molecule has 1 aromatic heterocycles. The van der Waals surface area contributed by atoms with Crippen molar-refractivity contribution in [1.29, 1.82) is 0 Å². The van der Waals surface area contributed by atoms with Crippen molar-refractivity contribution < 1.29 is 23.5 Å². The van der Waals surface area contributed by atoms with Gasteiger partial charge in [-0.25, -0.2) is 9.18 Å². The number of nitrogens with one attached hydrogen (secondary N) is 1. The molecule has 0 spiro atoms. The molecule has 0 saturated heterocycles. The number of anilines is 1. The van der Waals surface area contributed by atoms with Crippen molar-refractivity contribution in [2.24, 2.45) is 0 Å². The SMILES string of the molecule is COC(=O)c1c(-c2ccc(F)cc2)csc1NC(=O)CCOc1ccccc1. The summed E-state index contributed by atoms with van der Waals surface area (Å²) in [5.74, 6) is -0.546. The van der Waals surface area contributed by atoms with Gasteiger partial charge in [-0.1, -0.05) is 30.3 Å². The van der Waals surface area contributed by atoms with E-state index in [1.54, 1.807) is 17.5 Å². The predicted octanol–water partition coefficient (Wildman–Crippen LogP) is 4.75. The van der Waals surface area contributed by atoms with Crippen molar-refractivity contribution in [1.82, 2.24) is 0 Å². The zero-order valence-electron chi connectivity index (χ0n) is 15.1. The van der Waals surface area contributed by atoms with Crippen LogP contribution in [0.15, 0.2) is 60.0 Å². The molecule has 0 unspecified atom stereocenters. The third kappa shape index (κ3) is 4.75. The third-order valence-electron chi connectivity index (χ3n) is 3.93. The molecule has 144 valence electrons. The van der Waals surface area contributed by atoms with Crippen LogP contribution in [0.1, 0.15) is 16.8 Å². The maximum absolute atomic E-state index is 13.2. The monoisotopic (exact) mass is 399 g/mol. The molecule has 5 nitrogen and oxygen atoms in total. The summed E-state index contributed by atoms with van der Waals surface area (Å²) >= 11 is 1.21. The minimum atomic E-state index is -0.573. The number of halogens is 1. The summed E-state index contributed by atoms with van der Waals surface area (Å²) in [6.07, 6.45) is 0.124. The van der Waals surface area contributed by atoms with Crippen molar-refractivity contribution in [3.8, 4) is 16.9 Å². The van der Waals surface area contributed by atoms with Crippen LogP contribution in [0.3, 0.4) is 0 Å². The lowest BCUT2D eigenvalue weighted by atomic mass is 10.0. The smallest absolute Gasteiger partial charge is 0.341 e. The number of esters is 1. The van der Waals surface area contributed by atoms with E-state index in [2.05, 4.69) is 5.32 Å². The molecular weight excluding hydrogens is 381 g/mol. The summed E-state index contributed by atoms with van der Waals surface area (Å²) in [6, 6.07) is 15.0. The first-order chi connectivity index (χ1) is 13.6. The molecule has 7 heteroatoms. The molecule has 0 bridgehead atoms. The molecule has 0 radical (unpaired) electrons. The largest absolute Gasteiger partial charge is 0.493 e. The van der Waals surface area contributed by atoms with Crippen molar-refractivity contribution in [3.05, 3.63) is 71.4 Å². The summed E-state index contributed by atoms with van der Waals surface area (Å²) in [6.45, 7) is 0.208. The number of amides is 1. The summed E-state index contributed by atoms with van der Waals surface area (Å²) in [7, 11) is 1.27. The number of hydrogen-bond donors (Lipinski definition) is 1. The van der Waals surface area contributed by atoms with Crippen molar-refractivity contribution >= 4 is 28.2 Å². The molecule has 1 N–H and O–H groups in total. The fourth-order valence-corrected chi connectivity index (χ4v) is 3.54. The molecular formula is C21H18FNO4S. The highest BCUT2D eigenvalue weighted by molar-refractivity contribution is 7.15. The van der Waals surface area contributed by atoms with Gasteiger partial charge in [-0.2, -0.15) is 0 Å². The molecule has 1 amide bonds. The van der Waals surface area contributed by atoms with E-state index in [4.69, 9.17) is 9.47 Å². The molecule has 0 fully saturated rings. The third-order valence-corrected chi connectivity index (χ3v) is 4.83. The minimum Gasteiger partial charge on any atom is -0.493 e. The summed E-state index contributed by atoms with van der Waals surface area (Å²) in [5.41, 5.74) is 1.48. The van der Waals surface area contributed by atoms with Gasteiger partial charge in [0.25, 0.3) is 0 Å². The Kier molecular flexibility index (Phi) is 6.39. The highest BCUT2D eigenvalue weighted by Crippen LogP contribution is 2.36. The Bertz CT molecular complexity index is 954. The second-order valence-corrected chi connectivity index (χ2v) is 6.69. The van der Waals surface area contributed by atoms with Crippen molar-refractivity contribution in [3.63, 3.8) is 0 Å². The minimum absolute atomic E-state index is 0.124. The molecule has 0 saturated carbocycles. The van der Waals surface area contributed by atoms with Crippen LogP contribution < -0.4 is 10.1 Å². The van der Waals surface area contributed by atoms with E-state index in [0.717, 1.165) is 0 Å². The van der Waals surface area contributed by atoms with Gasteiger partial charge in [0.05, 0.1) is 20.1 Å². The summed E-state index contributed by atoms with van der Waals surface area (Å²) < 4.78 is 23.6. The number of carbonyl (C=O) groups excluding carboxylic acids is 2. The lowest BCUT2D eigenvalue weighted by Crippen LogP contribution is -2.16. The molecule has 3 aromatic rings. The van der Waals surface area contributed by atoms with Gasteiger partial charge in [0, 0.05) is 10.9 Å². The van der Waals surface area contributed by atoms with Crippen LogP contribution in [0.25, 0.3) is 11.1 Å². The molecule has 0 atom stereocenters. The second kappa shape index (κ2) is 9.14. The van der Waals surface area contributed by atoms with Crippen LogP contribution in [0, 0.1) is 5.82 Å². The number of benzene rings is 2. The number of ether oxygens (including phenoxy) is 2. The predicted molar refractivity (Wildman–Crippen MR) is 106 cm³/mol. The number of methoxy groups -OCH3 is 1. The van der Waals surface area contributed by atoms with Gasteiger partial charge in [0.2, 0.25) is 5.91 Å². The van der Waals surface area contributed by atoms with E-state index in [0.29, 0.717) is 21.9 Å². The zero-order chi connectivity index (χ0) is 19.9. The first kappa shape index (κ1) is 19.6. The number of para-hydroxylation sites is 1. The van der Waals surface area contributed by atoms with Crippen LogP contribution in [0.4, 0.5) is 9.39 Å². The highest BCUT2D eigenvalue weighted by atomic mass is 32.1.